The first-order valence-electron chi connectivity index (χ1n) is 12.3. The minimum atomic E-state index is -0.508. The van der Waals surface area contributed by atoms with Gasteiger partial charge >= 0.3 is 11.9 Å². The topological polar surface area (TPSA) is 78.4 Å². The highest BCUT2D eigenvalue weighted by atomic mass is 32.2. The van der Waals surface area contributed by atoms with Gasteiger partial charge in [0.2, 0.25) is 0 Å². The van der Waals surface area contributed by atoms with Crippen LogP contribution in [0, 0.1) is 0 Å². The van der Waals surface area contributed by atoms with Gasteiger partial charge in [-0.05, 0) is 48.5 Å². The van der Waals surface area contributed by atoms with Gasteiger partial charge in [0.1, 0.15) is 11.5 Å². The van der Waals surface area contributed by atoms with Crippen molar-refractivity contribution in [2.75, 3.05) is 0 Å². The average Bonchev–Trinajstić information content (AvgIpc) is 3.57. The summed E-state index contributed by atoms with van der Waals surface area (Å²) in [5, 5.41) is 0. The number of rotatable bonds is 9. The highest BCUT2D eigenvalue weighted by Crippen LogP contribution is 2.40. The number of aromatic nitrogens is 2. The van der Waals surface area contributed by atoms with Crippen molar-refractivity contribution < 1.29 is 19.1 Å². The maximum absolute atomic E-state index is 12.6. The molecule has 0 aliphatic heterocycles. The lowest BCUT2D eigenvalue weighted by Crippen LogP contribution is -2.14. The number of hydrogen-bond donors (Lipinski definition) is 0. The van der Waals surface area contributed by atoms with Crippen molar-refractivity contribution in [3.8, 4) is 11.5 Å². The molecule has 6 rings (SSSR count). The van der Waals surface area contributed by atoms with Gasteiger partial charge in [-0.25, -0.2) is 9.97 Å². The Morgan fingerprint density at radius 1 is 0.575 bits per heavy atom. The molecule has 0 radical (unpaired) electrons. The lowest BCUT2D eigenvalue weighted by Gasteiger charge is -2.10. The summed E-state index contributed by atoms with van der Waals surface area (Å²) in [4.78, 5) is 36.1. The highest BCUT2D eigenvalue weighted by Gasteiger charge is 2.17. The molecular weight excluding hydrogens is 581 g/mol. The molecule has 0 saturated carbocycles. The van der Waals surface area contributed by atoms with Crippen LogP contribution in [-0.4, -0.2) is 21.9 Å². The molecule has 198 valence electrons. The maximum Gasteiger partial charge on any atom is 0.311 e. The Morgan fingerprint density at radius 2 is 0.975 bits per heavy atom. The van der Waals surface area contributed by atoms with Crippen molar-refractivity contribution in [1.29, 1.82) is 0 Å². The summed E-state index contributed by atoms with van der Waals surface area (Å²) in [5.74, 6) is -0.150. The fraction of sp³-hybridized carbons (Fsp3) is 0.0667. The minimum absolute atomic E-state index is 0.105. The van der Waals surface area contributed by atoms with Crippen LogP contribution in [0.2, 0.25) is 0 Å². The van der Waals surface area contributed by atoms with Crippen LogP contribution in [0.25, 0.3) is 20.4 Å². The molecule has 0 aliphatic carbocycles. The molecule has 6 nitrogen and oxygen atoms in total. The largest absolute Gasteiger partial charge is 0.425 e. The Hall–Kier alpha value is -3.70. The van der Waals surface area contributed by atoms with E-state index in [1.54, 1.807) is 46.9 Å². The predicted molar refractivity (Wildman–Crippen MR) is 161 cm³/mol. The van der Waals surface area contributed by atoms with Gasteiger partial charge in [-0.1, -0.05) is 72.1 Å². The normalized spacial score (nSPS) is 11.1. The number of carbonyl (C=O) groups is 2. The molecule has 0 atom stereocenters. The van der Waals surface area contributed by atoms with Gasteiger partial charge in [-0.15, -0.1) is 22.7 Å². The van der Waals surface area contributed by atoms with Crippen LogP contribution in [0.5, 0.6) is 11.5 Å². The zero-order chi connectivity index (χ0) is 27.3. The quantitative estimate of drug-likeness (QED) is 0.121. The molecule has 4 aromatic carbocycles. The van der Waals surface area contributed by atoms with Gasteiger partial charge in [0.05, 0.1) is 43.1 Å². The second-order valence-electron chi connectivity index (χ2n) is 8.44. The molecule has 0 aliphatic rings. The number of benzene rings is 4. The standard InChI is InChI=1S/C30H20N2O4S4/c33-27(35-21-11-3-7-15-25(21)39-29-31-19-9-1-5-13-23(19)37-29)17-18-28(34)36-22-12-4-8-16-26(22)40-30-32-20-10-2-6-14-24(20)38-30/h1-16H,17-18H2. The number of fused-ring (bicyclic) bond motifs is 2. The molecular formula is C30H20N2O4S4. The van der Waals surface area contributed by atoms with Gasteiger partial charge in [0.15, 0.2) is 8.68 Å². The number of hydrogen-bond acceptors (Lipinski definition) is 10. The van der Waals surface area contributed by atoms with Gasteiger partial charge in [-0.2, -0.15) is 0 Å². The van der Waals surface area contributed by atoms with Crippen LogP contribution in [0.15, 0.2) is 116 Å². The van der Waals surface area contributed by atoms with E-state index < -0.39 is 11.9 Å². The van der Waals surface area contributed by atoms with Crippen molar-refractivity contribution in [3.63, 3.8) is 0 Å². The molecule has 0 saturated heterocycles. The fourth-order valence-corrected chi connectivity index (χ4v) is 7.95. The number of esters is 2. The Bertz CT molecular complexity index is 1630. The first kappa shape index (κ1) is 26.5. The minimum Gasteiger partial charge on any atom is -0.425 e. The van der Waals surface area contributed by atoms with Crippen molar-refractivity contribution in [1.82, 2.24) is 9.97 Å². The second-order valence-corrected chi connectivity index (χ2v) is 13.1. The molecule has 2 aromatic heterocycles. The number of carbonyl (C=O) groups excluding carboxylic acids is 2. The molecule has 0 bridgehead atoms. The maximum atomic E-state index is 12.6. The monoisotopic (exact) mass is 600 g/mol. The van der Waals surface area contributed by atoms with Crippen LogP contribution in [0.4, 0.5) is 0 Å². The smallest absolute Gasteiger partial charge is 0.311 e. The Balaban J connectivity index is 1.06. The van der Waals surface area contributed by atoms with E-state index >= 15 is 0 Å². The lowest BCUT2D eigenvalue weighted by molar-refractivity contribution is -0.140. The Labute approximate surface area is 246 Å². The van der Waals surface area contributed by atoms with Gasteiger partial charge in [0, 0.05) is 0 Å². The SMILES string of the molecule is O=C(CCC(=O)Oc1ccccc1Sc1nc2ccccc2s1)Oc1ccccc1Sc1nc2ccccc2s1. The predicted octanol–water partition coefficient (Wildman–Crippen LogP) is 8.50. The summed E-state index contributed by atoms with van der Waals surface area (Å²) in [5.41, 5.74) is 1.87. The van der Waals surface area contributed by atoms with Crippen LogP contribution >= 0.6 is 46.2 Å². The van der Waals surface area contributed by atoms with Gasteiger partial charge in [-0.3, -0.25) is 9.59 Å². The summed E-state index contributed by atoms with van der Waals surface area (Å²) in [7, 11) is 0. The van der Waals surface area contributed by atoms with E-state index in [4.69, 9.17) is 9.47 Å². The van der Waals surface area contributed by atoms with Crippen LogP contribution < -0.4 is 9.47 Å². The Kier molecular flexibility index (Phi) is 8.10. The third-order valence-corrected chi connectivity index (χ3v) is 9.93. The van der Waals surface area contributed by atoms with E-state index in [0.29, 0.717) is 11.5 Å². The molecule has 0 fully saturated rings. The fourth-order valence-electron chi connectivity index (χ4n) is 3.77. The van der Waals surface area contributed by atoms with Gasteiger partial charge < -0.3 is 9.47 Å². The lowest BCUT2D eigenvalue weighted by atomic mass is 10.3. The molecule has 0 unspecified atom stereocenters. The zero-order valence-electron chi connectivity index (χ0n) is 20.8. The molecule has 10 heteroatoms. The van der Waals surface area contributed by atoms with Crippen LogP contribution in [-0.2, 0) is 9.59 Å². The molecule has 2 heterocycles. The summed E-state index contributed by atoms with van der Waals surface area (Å²) >= 11 is 6.05. The number of ether oxygens (including phenoxy) is 2. The van der Waals surface area contributed by atoms with Crippen molar-refractivity contribution in [2.24, 2.45) is 0 Å². The van der Waals surface area contributed by atoms with E-state index in [9.17, 15) is 9.59 Å². The number of para-hydroxylation sites is 4. The van der Waals surface area contributed by atoms with E-state index in [1.165, 1.54) is 23.5 Å². The number of nitrogens with zero attached hydrogens (tertiary/aromatic N) is 2. The van der Waals surface area contributed by atoms with E-state index in [-0.39, 0.29) is 12.8 Å². The number of thiazole rings is 2. The average molecular weight is 601 g/mol. The molecule has 40 heavy (non-hydrogen) atoms. The molecule has 0 N–H and O–H groups in total. The molecule has 6 aromatic rings. The first-order valence-corrected chi connectivity index (χ1v) is 15.5. The second kappa shape index (κ2) is 12.2. The first-order chi connectivity index (χ1) is 19.6. The summed E-state index contributed by atoms with van der Waals surface area (Å²) < 4.78 is 15.1. The van der Waals surface area contributed by atoms with E-state index in [2.05, 4.69) is 9.97 Å². The van der Waals surface area contributed by atoms with Crippen LogP contribution in [0.3, 0.4) is 0 Å². The Morgan fingerprint density at radius 3 is 1.43 bits per heavy atom. The van der Waals surface area contributed by atoms with Crippen molar-refractivity contribution in [3.05, 3.63) is 97.1 Å². The summed E-state index contributed by atoms with van der Waals surface area (Å²) in [6.45, 7) is 0. The third-order valence-electron chi connectivity index (χ3n) is 5.62. The van der Waals surface area contributed by atoms with Crippen molar-refractivity contribution >= 4 is 78.6 Å². The van der Waals surface area contributed by atoms with E-state index in [1.807, 2.05) is 72.8 Å². The molecule has 0 spiro atoms. The highest BCUT2D eigenvalue weighted by molar-refractivity contribution is 8.01. The van der Waals surface area contributed by atoms with Gasteiger partial charge in [0.25, 0.3) is 0 Å². The third kappa shape index (κ3) is 6.37. The summed E-state index contributed by atoms with van der Waals surface area (Å²) in [6.07, 6.45) is -0.210. The zero-order valence-corrected chi connectivity index (χ0v) is 24.1. The van der Waals surface area contributed by atoms with Crippen molar-refractivity contribution in [2.45, 2.75) is 31.3 Å². The van der Waals surface area contributed by atoms with Crippen LogP contribution in [0.1, 0.15) is 12.8 Å². The van der Waals surface area contributed by atoms with E-state index in [0.717, 1.165) is 38.9 Å². The molecule has 0 amide bonds. The summed E-state index contributed by atoms with van der Waals surface area (Å²) in [6, 6.07) is 30.5.